The summed E-state index contributed by atoms with van der Waals surface area (Å²) in [5.41, 5.74) is 4.50. The molecule has 1 atom stereocenters. The van der Waals surface area contributed by atoms with Gasteiger partial charge in [-0.1, -0.05) is 55.8 Å². The molecule has 184 valence electrons. The number of aryl methyl sites for hydroxylation is 1. The summed E-state index contributed by atoms with van der Waals surface area (Å²) in [6.07, 6.45) is 2.83. The van der Waals surface area contributed by atoms with E-state index in [4.69, 9.17) is 19.0 Å². The van der Waals surface area contributed by atoms with Crippen LogP contribution in [0.3, 0.4) is 0 Å². The summed E-state index contributed by atoms with van der Waals surface area (Å²) < 4.78 is 16.7. The number of benzene rings is 2. The lowest BCUT2D eigenvalue weighted by Crippen LogP contribution is -2.46. The zero-order chi connectivity index (χ0) is 24.9. The molecule has 0 fully saturated rings. The fraction of sp³-hybridized carbons (Fsp3) is 0.370. The van der Waals surface area contributed by atoms with Gasteiger partial charge in [-0.15, -0.1) is 0 Å². The predicted octanol–water partition coefficient (Wildman–Crippen LogP) is 5.61. The lowest BCUT2D eigenvalue weighted by Gasteiger charge is -2.35. The van der Waals surface area contributed by atoms with Gasteiger partial charge in [0.1, 0.15) is 0 Å². The minimum atomic E-state index is -0.490. The van der Waals surface area contributed by atoms with E-state index in [1.165, 1.54) is 5.56 Å². The molecule has 2 amide bonds. The lowest BCUT2D eigenvalue weighted by atomic mass is 9.94. The van der Waals surface area contributed by atoms with Crippen molar-refractivity contribution < 1.29 is 18.8 Å². The highest BCUT2D eigenvalue weighted by molar-refractivity contribution is 5.87. The number of ether oxygens (including phenoxy) is 2. The first-order valence-corrected chi connectivity index (χ1v) is 11.9. The Balaban J connectivity index is 1.79. The zero-order valence-corrected chi connectivity index (χ0v) is 20.9. The highest BCUT2D eigenvalue weighted by Gasteiger charge is 2.36. The largest absolute Gasteiger partial charge is 0.493 e. The summed E-state index contributed by atoms with van der Waals surface area (Å²) in [7, 11) is 3.18. The molecule has 0 spiro atoms. The van der Waals surface area contributed by atoms with Crippen molar-refractivity contribution in [1.82, 2.24) is 20.4 Å². The summed E-state index contributed by atoms with van der Waals surface area (Å²) in [4.78, 5) is 19.6. The van der Waals surface area contributed by atoms with Gasteiger partial charge in [0.05, 0.1) is 25.8 Å². The standard InChI is InChI=1S/C27H32N4O4/c1-6-8-15-31-17(3)23(26-29-25(30-35-26)19-11-9-18(7-2)10-12-19)24(28-27(31)32)20-13-14-21(33-4)22(16-20)34-5/h9-14,16,24H,6-8,15H2,1-5H3,(H,28,32). The Morgan fingerprint density at radius 2 is 1.80 bits per heavy atom. The summed E-state index contributed by atoms with van der Waals surface area (Å²) in [6, 6.07) is 13.1. The van der Waals surface area contributed by atoms with E-state index in [-0.39, 0.29) is 6.03 Å². The molecular formula is C27H32N4O4. The van der Waals surface area contributed by atoms with Crippen molar-refractivity contribution in [1.29, 1.82) is 0 Å². The molecule has 2 heterocycles. The van der Waals surface area contributed by atoms with Crippen LogP contribution in [0.15, 0.2) is 52.7 Å². The molecule has 8 nitrogen and oxygen atoms in total. The van der Waals surface area contributed by atoms with Gasteiger partial charge in [-0.25, -0.2) is 4.79 Å². The first-order chi connectivity index (χ1) is 17.0. The average molecular weight is 477 g/mol. The second kappa shape index (κ2) is 10.6. The van der Waals surface area contributed by atoms with Crippen molar-refractivity contribution in [2.24, 2.45) is 0 Å². The number of nitrogens with zero attached hydrogens (tertiary/aromatic N) is 3. The van der Waals surface area contributed by atoms with Gasteiger partial charge < -0.3 is 19.3 Å². The fourth-order valence-electron chi connectivity index (χ4n) is 4.27. The number of urea groups is 1. The number of carbonyl (C=O) groups excluding carboxylic acids is 1. The Hall–Kier alpha value is -3.81. The van der Waals surface area contributed by atoms with Gasteiger partial charge in [0.2, 0.25) is 5.82 Å². The van der Waals surface area contributed by atoms with Gasteiger partial charge in [0.15, 0.2) is 11.5 Å². The van der Waals surface area contributed by atoms with Crippen molar-refractivity contribution in [3.05, 3.63) is 65.2 Å². The summed E-state index contributed by atoms with van der Waals surface area (Å²) in [6.45, 7) is 6.75. The maximum Gasteiger partial charge on any atom is 0.322 e. The number of nitrogens with one attached hydrogen (secondary N) is 1. The number of hydrogen-bond donors (Lipinski definition) is 1. The quantitative estimate of drug-likeness (QED) is 0.431. The molecule has 1 aliphatic heterocycles. The SMILES string of the molecule is CCCCN1C(=O)NC(c2ccc(OC)c(OC)c2)C(c2nc(-c3ccc(CC)cc3)no2)=C1C. The molecule has 4 rings (SSSR count). The second-order valence-corrected chi connectivity index (χ2v) is 8.47. The number of unbranched alkanes of at least 4 members (excludes halogenated alkanes) is 1. The molecule has 1 N–H and O–H groups in total. The van der Waals surface area contributed by atoms with Crippen molar-refractivity contribution in [2.75, 3.05) is 20.8 Å². The molecule has 0 radical (unpaired) electrons. The van der Waals surface area contributed by atoms with Crippen LogP contribution in [-0.2, 0) is 6.42 Å². The molecule has 3 aromatic rings. The zero-order valence-electron chi connectivity index (χ0n) is 20.9. The third kappa shape index (κ3) is 4.87. The van der Waals surface area contributed by atoms with Crippen molar-refractivity contribution >= 4 is 11.6 Å². The van der Waals surface area contributed by atoms with Gasteiger partial charge in [0, 0.05) is 17.8 Å². The van der Waals surface area contributed by atoms with Gasteiger partial charge in [0.25, 0.3) is 5.89 Å². The van der Waals surface area contributed by atoms with E-state index < -0.39 is 6.04 Å². The molecule has 1 aromatic heterocycles. The van der Waals surface area contributed by atoms with Crippen LogP contribution in [0.5, 0.6) is 11.5 Å². The van der Waals surface area contributed by atoms with E-state index >= 15 is 0 Å². The number of rotatable bonds is 9. The molecule has 8 heteroatoms. The Labute approximate surface area is 205 Å². The molecule has 2 aromatic carbocycles. The fourth-order valence-corrected chi connectivity index (χ4v) is 4.27. The highest BCUT2D eigenvalue weighted by Crippen LogP contribution is 2.40. The Morgan fingerprint density at radius 3 is 2.46 bits per heavy atom. The third-order valence-electron chi connectivity index (χ3n) is 6.35. The number of methoxy groups -OCH3 is 2. The number of hydrogen-bond acceptors (Lipinski definition) is 6. The van der Waals surface area contributed by atoms with Crippen molar-refractivity contribution in [2.45, 2.75) is 46.1 Å². The Kier molecular flexibility index (Phi) is 7.39. The van der Waals surface area contributed by atoms with Crippen LogP contribution >= 0.6 is 0 Å². The maximum absolute atomic E-state index is 13.1. The van der Waals surface area contributed by atoms with Crippen LogP contribution in [0.1, 0.15) is 56.7 Å². The van der Waals surface area contributed by atoms with E-state index in [9.17, 15) is 4.79 Å². The monoisotopic (exact) mass is 476 g/mol. The first kappa shape index (κ1) is 24.3. The molecule has 1 aliphatic rings. The van der Waals surface area contributed by atoms with E-state index in [2.05, 4.69) is 36.5 Å². The minimum Gasteiger partial charge on any atom is -0.493 e. The van der Waals surface area contributed by atoms with Gasteiger partial charge in [-0.3, -0.25) is 4.90 Å². The summed E-state index contributed by atoms with van der Waals surface area (Å²) in [5.74, 6) is 2.07. The van der Waals surface area contributed by atoms with Crippen LogP contribution in [0.25, 0.3) is 17.0 Å². The number of aromatic nitrogens is 2. The highest BCUT2D eigenvalue weighted by atomic mass is 16.5. The van der Waals surface area contributed by atoms with Crippen LogP contribution in [0.2, 0.25) is 0 Å². The molecule has 0 aliphatic carbocycles. The van der Waals surface area contributed by atoms with E-state index in [1.807, 2.05) is 37.3 Å². The second-order valence-electron chi connectivity index (χ2n) is 8.47. The predicted molar refractivity (Wildman–Crippen MR) is 134 cm³/mol. The van der Waals surface area contributed by atoms with Gasteiger partial charge in [-0.05, 0) is 43.0 Å². The molecule has 0 saturated heterocycles. The van der Waals surface area contributed by atoms with Crippen molar-refractivity contribution in [3.8, 4) is 22.9 Å². The van der Waals surface area contributed by atoms with Gasteiger partial charge >= 0.3 is 6.03 Å². The average Bonchev–Trinajstić information content (AvgIpc) is 3.37. The molecule has 1 unspecified atom stereocenters. The Bertz CT molecular complexity index is 1220. The summed E-state index contributed by atoms with van der Waals surface area (Å²) in [5, 5.41) is 7.38. The minimum absolute atomic E-state index is 0.158. The van der Waals surface area contributed by atoms with Crippen LogP contribution in [0, 0.1) is 0 Å². The lowest BCUT2D eigenvalue weighted by molar-refractivity contribution is 0.204. The third-order valence-corrected chi connectivity index (χ3v) is 6.35. The number of amides is 2. The number of carbonyl (C=O) groups is 1. The first-order valence-electron chi connectivity index (χ1n) is 11.9. The smallest absolute Gasteiger partial charge is 0.322 e. The molecule has 35 heavy (non-hydrogen) atoms. The normalized spacial score (nSPS) is 15.9. The molecular weight excluding hydrogens is 444 g/mol. The van der Waals surface area contributed by atoms with Crippen LogP contribution in [-0.4, -0.2) is 41.8 Å². The van der Waals surface area contributed by atoms with Gasteiger partial charge in [-0.2, -0.15) is 4.98 Å². The maximum atomic E-state index is 13.1. The Morgan fingerprint density at radius 1 is 1.06 bits per heavy atom. The van der Waals surface area contributed by atoms with Crippen molar-refractivity contribution in [3.63, 3.8) is 0 Å². The molecule has 0 saturated carbocycles. The molecule has 0 bridgehead atoms. The van der Waals surface area contributed by atoms with E-state index in [1.54, 1.807) is 19.1 Å². The van der Waals surface area contributed by atoms with E-state index in [0.717, 1.165) is 41.7 Å². The summed E-state index contributed by atoms with van der Waals surface area (Å²) >= 11 is 0. The topological polar surface area (TPSA) is 89.7 Å². The van der Waals surface area contributed by atoms with Crippen LogP contribution in [0.4, 0.5) is 4.79 Å². The van der Waals surface area contributed by atoms with E-state index in [0.29, 0.717) is 29.8 Å². The van der Waals surface area contributed by atoms with Crippen LogP contribution < -0.4 is 14.8 Å². The number of allylic oxidation sites excluding steroid dienone is 1.